The normalized spacial score (nSPS) is 15.8. The minimum absolute atomic E-state index is 0.226. The van der Waals surface area contributed by atoms with Gasteiger partial charge in [0.25, 0.3) is 5.69 Å². The molecule has 0 atom stereocenters. The summed E-state index contributed by atoms with van der Waals surface area (Å²) in [5.74, 6) is 0. The van der Waals surface area contributed by atoms with Gasteiger partial charge < -0.3 is 10.2 Å². The van der Waals surface area contributed by atoms with Gasteiger partial charge in [0.2, 0.25) is 0 Å². The van der Waals surface area contributed by atoms with Gasteiger partial charge in [0, 0.05) is 24.7 Å². The van der Waals surface area contributed by atoms with E-state index < -0.39 is 0 Å². The Morgan fingerprint density at radius 1 is 1.21 bits per heavy atom. The van der Waals surface area contributed by atoms with Crippen LogP contribution in [0.25, 0.3) is 0 Å². The molecule has 2 rings (SSSR count). The number of hydrogen-bond donors (Lipinski definition) is 1. The van der Waals surface area contributed by atoms with Crippen molar-refractivity contribution in [2.75, 3.05) is 32.7 Å². The average Bonchev–Trinajstić information content (AvgIpc) is 2.92. The summed E-state index contributed by atoms with van der Waals surface area (Å²) >= 11 is 0. The van der Waals surface area contributed by atoms with Crippen LogP contribution in [0.15, 0.2) is 24.3 Å². The molecule has 0 saturated carbocycles. The molecule has 0 aromatic heterocycles. The van der Waals surface area contributed by atoms with Crippen LogP contribution in [0.5, 0.6) is 0 Å². The van der Waals surface area contributed by atoms with Crippen LogP contribution in [-0.4, -0.2) is 42.5 Å². The second-order valence-electron chi connectivity index (χ2n) is 4.93. The molecule has 0 bridgehead atoms. The molecular formula is C14H21N3O2. The number of nitrogens with one attached hydrogen (secondary N) is 1. The lowest BCUT2D eigenvalue weighted by Gasteiger charge is -2.14. The zero-order valence-electron chi connectivity index (χ0n) is 11.2. The molecule has 1 aliphatic rings. The number of rotatable bonds is 7. The maximum absolute atomic E-state index is 10.9. The molecule has 5 heteroatoms. The van der Waals surface area contributed by atoms with Crippen molar-refractivity contribution in [3.8, 4) is 0 Å². The zero-order valence-corrected chi connectivity index (χ0v) is 11.2. The Balaban J connectivity index is 1.69. The van der Waals surface area contributed by atoms with Crippen molar-refractivity contribution in [1.29, 1.82) is 0 Å². The molecule has 19 heavy (non-hydrogen) atoms. The first kappa shape index (κ1) is 14.0. The molecule has 5 nitrogen and oxygen atoms in total. The van der Waals surface area contributed by atoms with Gasteiger partial charge >= 0.3 is 0 Å². The number of likely N-dealkylation sites (tertiary alicyclic amines) is 1. The Labute approximate surface area is 113 Å². The maximum Gasteiger partial charge on any atom is 0.272 e. The van der Waals surface area contributed by atoms with Crippen molar-refractivity contribution in [2.45, 2.75) is 19.3 Å². The SMILES string of the molecule is O=[N+]([O-])c1ccccc1CCNCCN1CCCC1. The highest BCUT2D eigenvalue weighted by Gasteiger charge is 2.12. The van der Waals surface area contributed by atoms with Gasteiger partial charge in [0.1, 0.15) is 0 Å². The third-order valence-electron chi connectivity index (χ3n) is 3.56. The van der Waals surface area contributed by atoms with Crippen LogP contribution in [-0.2, 0) is 6.42 Å². The van der Waals surface area contributed by atoms with Gasteiger partial charge in [0.05, 0.1) is 4.92 Å². The van der Waals surface area contributed by atoms with Gasteiger partial charge in [0.15, 0.2) is 0 Å². The monoisotopic (exact) mass is 263 g/mol. The summed E-state index contributed by atoms with van der Waals surface area (Å²) in [6.07, 6.45) is 3.34. The summed E-state index contributed by atoms with van der Waals surface area (Å²) in [5, 5.41) is 14.2. The van der Waals surface area contributed by atoms with Gasteiger partial charge in [-0.15, -0.1) is 0 Å². The van der Waals surface area contributed by atoms with Crippen LogP contribution < -0.4 is 5.32 Å². The van der Waals surface area contributed by atoms with Gasteiger partial charge in [-0.2, -0.15) is 0 Å². The molecular weight excluding hydrogens is 242 g/mol. The number of nitro groups is 1. The highest BCUT2D eigenvalue weighted by Crippen LogP contribution is 2.17. The predicted molar refractivity (Wildman–Crippen MR) is 75.3 cm³/mol. The summed E-state index contributed by atoms with van der Waals surface area (Å²) < 4.78 is 0. The van der Waals surface area contributed by atoms with E-state index in [4.69, 9.17) is 0 Å². The summed E-state index contributed by atoms with van der Waals surface area (Å²) in [7, 11) is 0. The highest BCUT2D eigenvalue weighted by molar-refractivity contribution is 5.39. The fourth-order valence-electron chi connectivity index (χ4n) is 2.49. The van der Waals surface area contributed by atoms with Gasteiger partial charge in [-0.1, -0.05) is 18.2 Å². The molecule has 1 N–H and O–H groups in total. The standard InChI is InChI=1S/C14H21N3O2/c18-17(19)14-6-2-1-5-13(14)7-8-15-9-12-16-10-3-4-11-16/h1-2,5-6,15H,3-4,7-12H2. The van der Waals surface area contributed by atoms with E-state index in [1.165, 1.54) is 25.9 Å². The van der Waals surface area contributed by atoms with Gasteiger partial charge in [-0.05, 0) is 38.9 Å². The van der Waals surface area contributed by atoms with E-state index in [0.29, 0.717) is 6.42 Å². The average molecular weight is 263 g/mol. The molecule has 0 spiro atoms. The predicted octanol–water partition coefficient (Wildman–Crippen LogP) is 1.82. The first-order valence-corrected chi connectivity index (χ1v) is 6.93. The third-order valence-corrected chi connectivity index (χ3v) is 3.56. The molecule has 1 heterocycles. The zero-order chi connectivity index (χ0) is 13.5. The minimum atomic E-state index is -0.306. The lowest BCUT2D eigenvalue weighted by atomic mass is 10.1. The molecule has 1 aromatic carbocycles. The molecule has 1 fully saturated rings. The van der Waals surface area contributed by atoms with Gasteiger partial charge in [-0.3, -0.25) is 10.1 Å². The quantitative estimate of drug-likeness (QED) is 0.463. The smallest absolute Gasteiger partial charge is 0.272 e. The van der Waals surface area contributed by atoms with E-state index in [2.05, 4.69) is 10.2 Å². The Morgan fingerprint density at radius 2 is 1.95 bits per heavy atom. The van der Waals surface area contributed by atoms with Crippen molar-refractivity contribution in [2.24, 2.45) is 0 Å². The van der Waals surface area contributed by atoms with E-state index in [0.717, 1.165) is 25.2 Å². The summed E-state index contributed by atoms with van der Waals surface area (Å²) in [6, 6.07) is 6.97. The molecule has 1 aromatic rings. The van der Waals surface area contributed by atoms with Crippen molar-refractivity contribution < 1.29 is 4.92 Å². The maximum atomic E-state index is 10.9. The lowest BCUT2D eigenvalue weighted by Crippen LogP contribution is -2.30. The van der Waals surface area contributed by atoms with E-state index in [1.54, 1.807) is 12.1 Å². The number of benzene rings is 1. The van der Waals surface area contributed by atoms with E-state index in [9.17, 15) is 10.1 Å². The van der Waals surface area contributed by atoms with E-state index >= 15 is 0 Å². The number of nitrogens with zero attached hydrogens (tertiary/aromatic N) is 2. The number of nitro benzene ring substituents is 1. The fraction of sp³-hybridized carbons (Fsp3) is 0.571. The fourth-order valence-corrected chi connectivity index (χ4v) is 2.49. The van der Waals surface area contributed by atoms with E-state index in [-0.39, 0.29) is 10.6 Å². The highest BCUT2D eigenvalue weighted by atomic mass is 16.6. The Hall–Kier alpha value is -1.46. The molecule has 104 valence electrons. The minimum Gasteiger partial charge on any atom is -0.315 e. The third kappa shape index (κ3) is 4.29. The van der Waals surface area contributed by atoms with Crippen LogP contribution in [0.1, 0.15) is 18.4 Å². The van der Waals surface area contributed by atoms with Crippen LogP contribution >= 0.6 is 0 Å². The summed E-state index contributed by atoms with van der Waals surface area (Å²) in [5.41, 5.74) is 1.03. The van der Waals surface area contributed by atoms with Crippen LogP contribution in [0.3, 0.4) is 0 Å². The Morgan fingerprint density at radius 3 is 2.68 bits per heavy atom. The Bertz CT molecular complexity index is 417. The van der Waals surface area contributed by atoms with Crippen LogP contribution in [0, 0.1) is 10.1 Å². The van der Waals surface area contributed by atoms with Crippen LogP contribution in [0.2, 0.25) is 0 Å². The number of hydrogen-bond acceptors (Lipinski definition) is 4. The van der Waals surface area contributed by atoms with E-state index in [1.807, 2.05) is 12.1 Å². The number of para-hydroxylation sites is 1. The molecule has 1 saturated heterocycles. The largest absolute Gasteiger partial charge is 0.315 e. The second kappa shape index (κ2) is 7.21. The first-order valence-electron chi connectivity index (χ1n) is 6.93. The molecule has 0 unspecified atom stereocenters. The van der Waals surface area contributed by atoms with Crippen molar-refractivity contribution in [3.63, 3.8) is 0 Å². The molecule has 0 amide bonds. The van der Waals surface area contributed by atoms with Crippen molar-refractivity contribution in [3.05, 3.63) is 39.9 Å². The second-order valence-corrected chi connectivity index (χ2v) is 4.93. The van der Waals surface area contributed by atoms with Crippen molar-refractivity contribution in [1.82, 2.24) is 10.2 Å². The van der Waals surface area contributed by atoms with Crippen molar-refractivity contribution >= 4 is 5.69 Å². The first-order chi connectivity index (χ1) is 9.27. The summed E-state index contributed by atoms with van der Waals surface area (Å²) in [4.78, 5) is 13.0. The molecule has 0 radical (unpaired) electrons. The topological polar surface area (TPSA) is 58.4 Å². The molecule has 1 aliphatic heterocycles. The molecule has 0 aliphatic carbocycles. The summed E-state index contributed by atoms with van der Waals surface area (Å²) in [6.45, 7) is 5.26. The van der Waals surface area contributed by atoms with Gasteiger partial charge in [-0.25, -0.2) is 0 Å². The lowest BCUT2D eigenvalue weighted by molar-refractivity contribution is -0.385. The van der Waals surface area contributed by atoms with Crippen LogP contribution in [0.4, 0.5) is 5.69 Å². The Kier molecular flexibility index (Phi) is 5.30.